The van der Waals surface area contributed by atoms with Crippen molar-refractivity contribution in [2.75, 3.05) is 19.6 Å². The summed E-state index contributed by atoms with van der Waals surface area (Å²) < 4.78 is 0. The number of nitrogens with zero attached hydrogens (tertiary/aromatic N) is 1. The maximum absolute atomic E-state index is 5.81. The molecule has 1 saturated heterocycles. The molecule has 1 aliphatic heterocycles. The van der Waals surface area contributed by atoms with Gasteiger partial charge in [0.05, 0.1) is 0 Å². The van der Waals surface area contributed by atoms with Crippen molar-refractivity contribution in [3.05, 3.63) is 35.9 Å². The zero-order valence-electron chi connectivity index (χ0n) is 9.39. The second-order valence-corrected chi connectivity index (χ2v) is 4.63. The minimum absolute atomic E-state index is 0.291. The predicted molar refractivity (Wildman–Crippen MR) is 63.9 cm³/mol. The van der Waals surface area contributed by atoms with Gasteiger partial charge in [-0.15, -0.1) is 0 Å². The van der Waals surface area contributed by atoms with Crippen LogP contribution in [0.4, 0.5) is 0 Å². The summed E-state index contributed by atoms with van der Waals surface area (Å²) in [4.78, 5) is 2.47. The van der Waals surface area contributed by atoms with E-state index >= 15 is 0 Å². The van der Waals surface area contributed by atoms with E-state index in [-0.39, 0.29) is 0 Å². The average Bonchev–Trinajstić information content (AvgIpc) is 2.67. The zero-order chi connectivity index (χ0) is 10.7. The van der Waals surface area contributed by atoms with Crippen LogP contribution in [0.1, 0.15) is 24.8 Å². The van der Waals surface area contributed by atoms with Crippen LogP contribution in [0.25, 0.3) is 0 Å². The molecule has 0 aromatic heterocycles. The largest absolute Gasteiger partial charge is 0.327 e. The van der Waals surface area contributed by atoms with Crippen LogP contribution in [-0.2, 0) is 0 Å². The maximum Gasteiger partial charge on any atom is 0.0139 e. The van der Waals surface area contributed by atoms with Crippen LogP contribution in [0.3, 0.4) is 0 Å². The highest BCUT2D eigenvalue weighted by Crippen LogP contribution is 2.26. The van der Waals surface area contributed by atoms with Gasteiger partial charge in [-0.2, -0.15) is 0 Å². The van der Waals surface area contributed by atoms with Gasteiger partial charge in [-0.05, 0) is 31.4 Å². The van der Waals surface area contributed by atoms with Gasteiger partial charge in [-0.1, -0.05) is 30.3 Å². The van der Waals surface area contributed by atoms with Crippen molar-refractivity contribution in [3.8, 4) is 0 Å². The van der Waals surface area contributed by atoms with Crippen LogP contribution < -0.4 is 5.73 Å². The van der Waals surface area contributed by atoms with Crippen LogP contribution in [0.2, 0.25) is 0 Å². The molecule has 1 aliphatic rings. The highest BCUT2D eigenvalue weighted by Gasteiger charge is 2.23. The summed E-state index contributed by atoms with van der Waals surface area (Å²) in [5, 5.41) is 0. The molecule has 82 valence electrons. The van der Waals surface area contributed by atoms with E-state index in [1.54, 1.807) is 0 Å². The van der Waals surface area contributed by atoms with E-state index in [1.807, 2.05) is 0 Å². The Kier molecular flexibility index (Phi) is 3.39. The van der Waals surface area contributed by atoms with Gasteiger partial charge in [0.1, 0.15) is 0 Å². The Morgan fingerprint density at radius 2 is 2.13 bits per heavy atom. The molecule has 1 aromatic rings. The van der Waals surface area contributed by atoms with Crippen LogP contribution in [0, 0.1) is 0 Å². The SMILES string of the molecule is CC(N)CN1CCC(c2ccccc2)C1. The van der Waals surface area contributed by atoms with E-state index < -0.39 is 0 Å². The van der Waals surface area contributed by atoms with Gasteiger partial charge < -0.3 is 10.6 Å². The lowest BCUT2D eigenvalue weighted by Crippen LogP contribution is -2.33. The molecule has 2 heteroatoms. The molecule has 2 rings (SSSR count). The molecule has 0 saturated carbocycles. The fraction of sp³-hybridized carbons (Fsp3) is 0.538. The summed E-state index contributed by atoms with van der Waals surface area (Å²) in [5.74, 6) is 0.713. The third-order valence-electron chi connectivity index (χ3n) is 3.09. The van der Waals surface area contributed by atoms with Crippen molar-refractivity contribution in [1.82, 2.24) is 4.90 Å². The van der Waals surface area contributed by atoms with Gasteiger partial charge in [0.15, 0.2) is 0 Å². The summed E-state index contributed by atoms with van der Waals surface area (Å²) in [7, 11) is 0. The lowest BCUT2D eigenvalue weighted by atomic mass is 9.99. The zero-order valence-corrected chi connectivity index (χ0v) is 9.39. The molecule has 2 N–H and O–H groups in total. The van der Waals surface area contributed by atoms with E-state index in [0.29, 0.717) is 12.0 Å². The van der Waals surface area contributed by atoms with Gasteiger partial charge in [-0.25, -0.2) is 0 Å². The molecule has 2 unspecified atom stereocenters. The molecule has 0 aliphatic carbocycles. The fourth-order valence-corrected chi connectivity index (χ4v) is 2.40. The topological polar surface area (TPSA) is 29.3 Å². The van der Waals surface area contributed by atoms with E-state index in [1.165, 1.54) is 25.1 Å². The Hall–Kier alpha value is -0.860. The monoisotopic (exact) mass is 204 g/mol. The molecule has 1 fully saturated rings. The lowest BCUT2D eigenvalue weighted by molar-refractivity contribution is 0.317. The smallest absolute Gasteiger partial charge is 0.0139 e. The predicted octanol–water partition coefficient (Wildman–Crippen LogP) is 1.82. The summed E-state index contributed by atoms with van der Waals surface area (Å²) in [6.07, 6.45) is 1.27. The van der Waals surface area contributed by atoms with Gasteiger partial charge in [0.2, 0.25) is 0 Å². The van der Waals surface area contributed by atoms with Crippen molar-refractivity contribution < 1.29 is 0 Å². The minimum atomic E-state index is 0.291. The molecule has 0 spiro atoms. The Labute approximate surface area is 92.1 Å². The second-order valence-electron chi connectivity index (χ2n) is 4.63. The standard InChI is InChI=1S/C13H20N2/c1-11(14)9-15-8-7-13(10-15)12-5-3-2-4-6-12/h2-6,11,13H,7-10,14H2,1H3. The molecule has 1 heterocycles. The second kappa shape index (κ2) is 4.77. The molecule has 0 bridgehead atoms. The van der Waals surface area contributed by atoms with E-state index in [2.05, 4.69) is 42.2 Å². The Bertz CT molecular complexity index is 295. The number of hydrogen-bond acceptors (Lipinski definition) is 2. The third-order valence-corrected chi connectivity index (χ3v) is 3.09. The summed E-state index contributed by atoms with van der Waals surface area (Å²) in [5.41, 5.74) is 7.29. The van der Waals surface area contributed by atoms with E-state index in [0.717, 1.165) is 6.54 Å². The summed E-state index contributed by atoms with van der Waals surface area (Å²) >= 11 is 0. The Morgan fingerprint density at radius 3 is 2.80 bits per heavy atom. The lowest BCUT2D eigenvalue weighted by Gasteiger charge is -2.18. The third kappa shape index (κ3) is 2.80. The first-order valence-corrected chi connectivity index (χ1v) is 5.78. The van der Waals surface area contributed by atoms with Gasteiger partial charge >= 0.3 is 0 Å². The van der Waals surface area contributed by atoms with E-state index in [9.17, 15) is 0 Å². The quantitative estimate of drug-likeness (QED) is 0.814. The van der Waals surface area contributed by atoms with Gasteiger partial charge in [-0.3, -0.25) is 0 Å². The molecule has 1 aromatic carbocycles. The van der Waals surface area contributed by atoms with Crippen LogP contribution in [0.15, 0.2) is 30.3 Å². The van der Waals surface area contributed by atoms with Crippen molar-refractivity contribution >= 4 is 0 Å². The van der Waals surface area contributed by atoms with Crippen LogP contribution in [0.5, 0.6) is 0 Å². The Balaban J connectivity index is 1.93. The maximum atomic E-state index is 5.81. The van der Waals surface area contributed by atoms with Crippen molar-refractivity contribution in [3.63, 3.8) is 0 Å². The number of benzene rings is 1. The van der Waals surface area contributed by atoms with Crippen molar-refractivity contribution in [1.29, 1.82) is 0 Å². The number of rotatable bonds is 3. The first-order valence-electron chi connectivity index (χ1n) is 5.78. The van der Waals surface area contributed by atoms with Crippen LogP contribution in [-0.4, -0.2) is 30.6 Å². The molecule has 2 nitrogen and oxygen atoms in total. The molecule has 0 radical (unpaired) electrons. The summed E-state index contributed by atoms with van der Waals surface area (Å²) in [6.45, 7) is 5.48. The highest BCUT2D eigenvalue weighted by atomic mass is 15.2. The molecule has 2 atom stereocenters. The number of hydrogen-bond donors (Lipinski definition) is 1. The van der Waals surface area contributed by atoms with Gasteiger partial charge in [0, 0.05) is 19.1 Å². The molecule has 15 heavy (non-hydrogen) atoms. The molecular formula is C13H20N2. The molecule has 0 amide bonds. The van der Waals surface area contributed by atoms with Gasteiger partial charge in [0.25, 0.3) is 0 Å². The average molecular weight is 204 g/mol. The number of likely N-dealkylation sites (tertiary alicyclic amines) is 1. The van der Waals surface area contributed by atoms with Crippen molar-refractivity contribution in [2.45, 2.75) is 25.3 Å². The highest BCUT2D eigenvalue weighted by molar-refractivity contribution is 5.20. The molecular weight excluding hydrogens is 184 g/mol. The minimum Gasteiger partial charge on any atom is -0.327 e. The Morgan fingerprint density at radius 1 is 1.40 bits per heavy atom. The first-order chi connectivity index (χ1) is 7.25. The van der Waals surface area contributed by atoms with Crippen LogP contribution >= 0.6 is 0 Å². The van der Waals surface area contributed by atoms with E-state index in [4.69, 9.17) is 5.73 Å². The summed E-state index contributed by atoms with van der Waals surface area (Å²) in [6, 6.07) is 11.1. The normalized spacial score (nSPS) is 24.3. The number of nitrogens with two attached hydrogens (primary N) is 1. The first kappa shape index (κ1) is 10.7. The fourth-order valence-electron chi connectivity index (χ4n) is 2.40. The van der Waals surface area contributed by atoms with Crippen molar-refractivity contribution in [2.24, 2.45) is 5.73 Å².